The molecule has 1 aromatic rings. The van der Waals surface area contributed by atoms with Gasteiger partial charge in [0.15, 0.2) is 11.5 Å². The molecule has 0 amide bonds. The summed E-state index contributed by atoms with van der Waals surface area (Å²) in [5, 5.41) is 35.2. The molecule has 1 atom stereocenters. The van der Waals surface area contributed by atoms with Gasteiger partial charge in [0.2, 0.25) is 0 Å². The highest BCUT2D eigenvalue weighted by molar-refractivity contribution is 5.40. The first-order chi connectivity index (χ1) is 10.5. The molecule has 0 fully saturated rings. The summed E-state index contributed by atoms with van der Waals surface area (Å²) in [6, 6.07) is 4.71. The molecule has 0 saturated heterocycles. The normalized spacial score (nSPS) is 11.6. The van der Waals surface area contributed by atoms with Gasteiger partial charge in [-0.3, -0.25) is 0 Å². The zero-order valence-corrected chi connectivity index (χ0v) is 13.2. The molecule has 0 aliphatic rings. The highest BCUT2D eigenvalue weighted by atomic mass is 16.5. The molecule has 128 valence electrons. The SMILES string of the molecule is CCCCCOCC(O)CO.NCCc1ccc(O)c(O)c1. The highest BCUT2D eigenvalue weighted by Gasteiger charge is 2.00. The predicted molar refractivity (Wildman–Crippen MR) is 86.0 cm³/mol. The van der Waals surface area contributed by atoms with Gasteiger partial charge >= 0.3 is 0 Å². The van der Waals surface area contributed by atoms with E-state index < -0.39 is 6.10 Å². The maximum atomic E-state index is 9.04. The van der Waals surface area contributed by atoms with Gasteiger partial charge in [-0.1, -0.05) is 25.8 Å². The molecule has 0 radical (unpaired) electrons. The minimum Gasteiger partial charge on any atom is -0.504 e. The lowest BCUT2D eigenvalue weighted by Crippen LogP contribution is -2.19. The van der Waals surface area contributed by atoms with Crippen LogP contribution >= 0.6 is 0 Å². The highest BCUT2D eigenvalue weighted by Crippen LogP contribution is 2.24. The monoisotopic (exact) mass is 315 g/mol. The fourth-order valence-electron chi connectivity index (χ4n) is 1.62. The summed E-state index contributed by atoms with van der Waals surface area (Å²) in [6.07, 6.45) is 3.38. The Morgan fingerprint density at radius 2 is 1.91 bits per heavy atom. The van der Waals surface area contributed by atoms with Crippen LogP contribution in [0, 0.1) is 0 Å². The van der Waals surface area contributed by atoms with E-state index in [1.54, 1.807) is 6.07 Å². The van der Waals surface area contributed by atoms with Gasteiger partial charge in [0, 0.05) is 6.61 Å². The van der Waals surface area contributed by atoms with E-state index in [2.05, 4.69) is 6.92 Å². The molecule has 0 saturated carbocycles. The average molecular weight is 315 g/mol. The minimum absolute atomic E-state index is 0.0871. The number of hydrogen-bond acceptors (Lipinski definition) is 6. The maximum Gasteiger partial charge on any atom is 0.157 e. The zero-order valence-electron chi connectivity index (χ0n) is 13.2. The molecule has 6 N–H and O–H groups in total. The molecule has 0 bridgehead atoms. The molecule has 0 aromatic heterocycles. The van der Waals surface area contributed by atoms with Crippen LogP contribution < -0.4 is 5.73 Å². The van der Waals surface area contributed by atoms with Gasteiger partial charge in [0.1, 0.15) is 6.10 Å². The molecule has 0 heterocycles. The average Bonchev–Trinajstić information content (AvgIpc) is 2.51. The van der Waals surface area contributed by atoms with Crippen LogP contribution in [0.1, 0.15) is 31.7 Å². The molecule has 1 aromatic carbocycles. The summed E-state index contributed by atoms with van der Waals surface area (Å²) in [7, 11) is 0. The second kappa shape index (κ2) is 13.3. The molecule has 0 aliphatic heterocycles. The predicted octanol–water partition coefficient (Wildman–Crippen LogP) is 1.15. The van der Waals surface area contributed by atoms with E-state index in [4.69, 9.17) is 30.9 Å². The lowest BCUT2D eigenvalue weighted by molar-refractivity contribution is 0.00533. The van der Waals surface area contributed by atoms with Gasteiger partial charge in [-0.05, 0) is 37.1 Å². The van der Waals surface area contributed by atoms with Crippen molar-refractivity contribution in [2.75, 3.05) is 26.4 Å². The number of aliphatic hydroxyl groups excluding tert-OH is 2. The maximum absolute atomic E-state index is 9.04. The van der Waals surface area contributed by atoms with Crippen LogP contribution in [0.5, 0.6) is 11.5 Å². The van der Waals surface area contributed by atoms with E-state index in [0.717, 1.165) is 18.4 Å². The number of aromatic hydroxyl groups is 2. The van der Waals surface area contributed by atoms with Crippen LogP contribution in [0.4, 0.5) is 0 Å². The molecular weight excluding hydrogens is 286 g/mol. The summed E-state index contributed by atoms with van der Waals surface area (Å²) in [4.78, 5) is 0. The Bertz CT molecular complexity index is 387. The number of aliphatic hydroxyl groups is 2. The Morgan fingerprint density at radius 1 is 1.18 bits per heavy atom. The third-order valence-corrected chi connectivity index (χ3v) is 2.89. The van der Waals surface area contributed by atoms with Gasteiger partial charge in [-0.25, -0.2) is 0 Å². The standard InChI is InChI=1S/C8H11NO2.C8H18O3/c9-4-3-6-1-2-7(10)8(11)5-6;1-2-3-4-5-11-7-8(10)6-9/h1-2,5,10-11H,3-4,9H2;8-10H,2-7H2,1H3. The summed E-state index contributed by atoms with van der Waals surface area (Å²) >= 11 is 0. The summed E-state index contributed by atoms with van der Waals surface area (Å²) in [5.74, 6) is -0.179. The minimum atomic E-state index is -0.711. The van der Waals surface area contributed by atoms with Crippen molar-refractivity contribution in [2.24, 2.45) is 5.73 Å². The lowest BCUT2D eigenvalue weighted by atomic mass is 10.1. The topological polar surface area (TPSA) is 116 Å². The Morgan fingerprint density at radius 3 is 2.45 bits per heavy atom. The molecular formula is C16H29NO5. The number of hydrogen-bond donors (Lipinski definition) is 5. The van der Waals surface area contributed by atoms with E-state index >= 15 is 0 Å². The van der Waals surface area contributed by atoms with Gasteiger partial charge in [0.05, 0.1) is 13.2 Å². The lowest BCUT2D eigenvalue weighted by Gasteiger charge is -2.07. The van der Waals surface area contributed by atoms with Crippen molar-refractivity contribution >= 4 is 0 Å². The van der Waals surface area contributed by atoms with Crippen molar-refractivity contribution in [3.8, 4) is 11.5 Å². The van der Waals surface area contributed by atoms with E-state index in [-0.39, 0.29) is 24.7 Å². The molecule has 1 unspecified atom stereocenters. The van der Waals surface area contributed by atoms with Gasteiger partial charge in [-0.2, -0.15) is 0 Å². The number of nitrogens with two attached hydrogens (primary N) is 1. The number of ether oxygens (including phenoxy) is 1. The van der Waals surface area contributed by atoms with E-state index in [1.165, 1.54) is 18.6 Å². The van der Waals surface area contributed by atoms with Crippen molar-refractivity contribution < 1.29 is 25.2 Å². The Labute approximate surface area is 132 Å². The van der Waals surface area contributed by atoms with Crippen LogP contribution in [-0.2, 0) is 11.2 Å². The fraction of sp³-hybridized carbons (Fsp3) is 0.625. The number of phenolic OH excluding ortho intramolecular Hbond substituents is 2. The molecule has 22 heavy (non-hydrogen) atoms. The van der Waals surface area contributed by atoms with Gasteiger partial charge < -0.3 is 30.9 Å². The van der Waals surface area contributed by atoms with Crippen molar-refractivity contribution in [3.05, 3.63) is 23.8 Å². The first-order valence-electron chi connectivity index (χ1n) is 7.62. The summed E-state index contributed by atoms with van der Waals surface area (Å²) in [6.45, 7) is 3.39. The van der Waals surface area contributed by atoms with Crippen LogP contribution in [0.15, 0.2) is 18.2 Å². The van der Waals surface area contributed by atoms with Crippen LogP contribution in [0.2, 0.25) is 0 Å². The fourth-order valence-corrected chi connectivity index (χ4v) is 1.62. The number of unbranched alkanes of at least 4 members (excludes halogenated alkanes) is 2. The quantitative estimate of drug-likeness (QED) is 0.345. The molecule has 6 heteroatoms. The molecule has 6 nitrogen and oxygen atoms in total. The van der Waals surface area contributed by atoms with E-state index in [1.807, 2.05) is 0 Å². The molecule has 0 aliphatic carbocycles. The second-order valence-corrected chi connectivity index (χ2v) is 4.98. The second-order valence-electron chi connectivity index (χ2n) is 4.98. The number of benzene rings is 1. The van der Waals surface area contributed by atoms with Crippen LogP contribution in [-0.4, -0.2) is 52.9 Å². The zero-order chi connectivity index (χ0) is 16.8. The van der Waals surface area contributed by atoms with Gasteiger partial charge in [0.25, 0.3) is 0 Å². The van der Waals surface area contributed by atoms with Crippen molar-refractivity contribution in [2.45, 2.75) is 38.7 Å². The number of phenols is 2. The smallest absolute Gasteiger partial charge is 0.157 e. The third kappa shape index (κ3) is 10.4. The summed E-state index contributed by atoms with van der Waals surface area (Å²) < 4.78 is 5.08. The molecule has 0 spiro atoms. The summed E-state index contributed by atoms with van der Waals surface area (Å²) in [5.41, 5.74) is 6.24. The van der Waals surface area contributed by atoms with E-state index in [0.29, 0.717) is 19.6 Å². The first-order valence-corrected chi connectivity index (χ1v) is 7.62. The van der Waals surface area contributed by atoms with Crippen molar-refractivity contribution in [3.63, 3.8) is 0 Å². The Kier molecular flexibility index (Phi) is 12.5. The first kappa shape index (κ1) is 20.7. The van der Waals surface area contributed by atoms with Gasteiger partial charge in [-0.15, -0.1) is 0 Å². The van der Waals surface area contributed by atoms with Crippen molar-refractivity contribution in [1.29, 1.82) is 0 Å². The van der Waals surface area contributed by atoms with E-state index in [9.17, 15) is 0 Å². The Balaban J connectivity index is 0.000000401. The molecule has 1 rings (SSSR count). The van der Waals surface area contributed by atoms with Crippen LogP contribution in [0.3, 0.4) is 0 Å². The van der Waals surface area contributed by atoms with Crippen molar-refractivity contribution in [1.82, 2.24) is 0 Å². The number of rotatable bonds is 9. The van der Waals surface area contributed by atoms with Crippen LogP contribution in [0.25, 0.3) is 0 Å². The Hall–Kier alpha value is -1.34. The third-order valence-electron chi connectivity index (χ3n) is 2.89. The largest absolute Gasteiger partial charge is 0.504 e.